The van der Waals surface area contributed by atoms with E-state index in [4.69, 9.17) is 5.11 Å². The second kappa shape index (κ2) is 8.02. The van der Waals surface area contributed by atoms with E-state index >= 15 is 0 Å². The second-order valence-corrected chi connectivity index (χ2v) is 5.28. The number of carbonyl (C=O) groups excluding carboxylic acids is 1. The van der Waals surface area contributed by atoms with Crippen LogP contribution >= 0.6 is 0 Å². The van der Waals surface area contributed by atoms with Crippen LogP contribution in [0.4, 0.5) is 4.79 Å². The summed E-state index contributed by atoms with van der Waals surface area (Å²) in [6, 6.07) is -0.0402. The van der Waals surface area contributed by atoms with Crippen LogP contribution in [0.2, 0.25) is 0 Å². The Balaban J connectivity index is 2.58. The lowest BCUT2D eigenvalue weighted by Crippen LogP contribution is -2.51. The molecule has 1 rings (SSSR count). The first-order chi connectivity index (χ1) is 9.08. The minimum atomic E-state index is -0.828. The lowest BCUT2D eigenvalue weighted by Gasteiger charge is -2.36. The number of urea groups is 1. The summed E-state index contributed by atoms with van der Waals surface area (Å²) in [5.74, 6) is -0.828. The molecule has 2 atom stereocenters. The SMILES string of the molecule is CCCC(CC)NC(=O)N1CCCCC1CC(=O)O. The van der Waals surface area contributed by atoms with Crippen molar-refractivity contribution < 1.29 is 14.7 Å². The molecular weight excluding hydrogens is 244 g/mol. The largest absolute Gasteiger partial charge is 0.481 e. The van der Waals surface area contributed by atoms with E-state index in [2.05, 4.69) is 19.2 Å². The van der Waals surface area contributed by atoms with Crippen LogP contribution in [0.1, 0.15) is 58.8 Å². The van der Waals surface area contributed by atoms with Crippen molar-refractivity contribution in [2.75, 3.05) is 6.54 Å². The Morgan fingerprint density at radius 2 is 2.11 bits per heavy atom. The second-order valence-electron chi connectivity index (χ2n) is 5.28. The van der Waals surface area contributed by atoms with Gasteiger partial charge in [-0.3, -0.25) is 4.79 Å². The highest BCUT2D eigenvalue weighted by Crippen LogP contribution is 2.20. The Kier molecular flexibility index (Phi) is 6.67. The molecule has 0 aromatic rings. The zero-order chi connectivity index (χ0) is 14.3. The van der Waals surface area contributed by atoms with Gasteiger partial charge in [-0.05, 0) is 32.1 Å². The average Bonchev–Trinajstić information content (AvgIpc) is 2.38. The zero-order valence-corrected chi connectivity index (χ0v) is 12.0. The topological polar surface area (TPSA) is 69.6 Å². The van der Waals surface area contributed by atoms with Gasteiger partial charge in [0.1, 0.15) is 0 Å². The summed E-state index contributed by atoms with van der Waals surface area (Å²) in [6.07, 6.45) is 5.75. The van der Waals surface area contributed by atoms with Gasteiger partial charge in [-0.2, -0.15) is 0 Å². The Labute approximate surface area is 115 Å². The molecule has 0 saturated carbocycles. The van der Waals surface area contributed by atoms with E-state index in [1.165, 1.54) is 0 Å². The van der Waals surface area contributed by atoms with Crippen LogP contribution in [0, 0.1) is 0 Å². The van der Waals surface area contributed by atoms with E-state index < -0.39 is 5.97 Å². The maximum Gasteiger partial charge on any atom is 0.317 e. The molecule has 5 heteroatoms. The van der Waals surface area contributed by atoms with Gasteiger partial charge in [0.05, 0.1) is 6.42 Å². The quantitative estimate of drug-likeness (QED) is 0.779. The molecule has 0 aliphatic carbocycles. The molecule has 0 aromatic carbocycles. The zero-order valence-electron chi connectivity index (χ0n) is 12.0. The van der Waals surface area contributed by atoms with Crippen molar-refractivity contribution in [3.8, 4) is 0 Å². The molecule has 1 heterocycles. The molecule has 5 nitrogen and oxygen atoms in total. The van der Waals surface area contributed by atoms with Crippen LogP contribution in [0.5, 0.6) is 0 Å². The third kappa shape index (κ3) is 5.09. The van der Waals surface area contributed by atoms with E-state index in [1.807, 2.05) is 0 Å². The molecular formula is C14H26N2O3. The van der Waals surface area contributed by atoms with E-state index in [0.29, 0.717) is 6.54 Å². The molecule has 0 bridgehead atoms. The first-order valence-corrected chi connectivity index (χ1v) is 7.37. The number of piperidine rings is 1. The van der Waals surface area contributed by atoms with Crippen molar-refractivity contribution in [1.82, 2.24) is 10.2 Å². The number of amides is 2. The van der Waals surface area contributed by atoms with Crippen LogP contribution < -0.4 is 5.32 Å². The minimum absolute atomic E-state index is 0.0536. The van der Waals surface area contributed by atoms with Gasteiger partial charge in [-0.15, -0.1) is 0 Å². The summed E-state index contributed by atoms with van der Waals surface area (Å²) in [7, 11) is 0. The third-order valence-electron chi connectivity index (χ3n) is 3.76. The van der Waals surface area contributed by atoms with E-state index in [9.17, 15) is 9.59 Å². The highest BCUT2D eigenvalue weighted by Gasteiger charge is 2.29. The van der Waals surface area contributed by atoms with Gasteiger partial charge in [0.15, 0.2) is 0 Å². The van der Waals surface area contributed by atoms with Crippen LogP contribution in [0.3, 0.4) is 0 Å². The summed E-state index contributed by atoms with van der Waals surface area (Å²) in [4.78, 5) is 24.8. The molecule has 0 spiro atoms. The van der Waals surface area contributed by atoms with Gasteiger partial charge in [0.2, 0.25) is 0 Å². The number of nitrogens with one attached hydrogen (secondary N) is 1. The number of carbonyl (C=O) groups is 2. The normalized spacial score (nSPS) is 20.9. The number of carboxylic acids is 1. The molecule has 2 N–H and O–H groups in total. The Bertz CT molecular complexity index is 307. The minimum Gasteiger partial charge on any atom is -0.481 e. The first kappa shape index (κ1) is 15.8. The number of hydrogen-bond donors (Lipinski definition) is 2. The molecule has 1 saturated heterocycles. The average molecular weight is 270 g/mol. The molecule has 2 unspecified atom stereocenters. The van der Waals surface area contributed by atoms with Crippen molar-refractivity contribution in [3.05, 3.63) is 0 Å². The van der Waals surface area contributed by atoms with E-state index in [1.54, 1.807) is 4.90 Å². The monoisotopic (exact) mass is 270 g/mol. The molecule has 1 aliphatic heterocycles. The first-order valence-electron chi connectivity index (χ1n) is 7.37. The smallest absolute Gasteiger partial charge is 0.317 e. The fourth-order valence-corrected chi connectivity index (χ4v) is 2.67. The number of hydrogen-bond acceptors (Lipinski definition) is 2. The number of carboxylic acid groups (broad SMARTS) is 1. The number of nitrogens with zero attached hydrogens (tertiary/aromatic N) is 1. The molecule has 19 heavy (non-hydrogen) atoms. The van der Waals surface area contributed by atoms with Gasteiger partial charge in [0, 0.05) is 18.6 Å². The Hall–Kier alpha value is -1.26. The fraction of sp³-hybridized carbons (Fsp3) is 0.857. The highest BCUT2D eigenvalue weighted by atomic mass is 16.4. The van der Waals surface area contributed by atoms with E-state index in [0.717, 1.165) is 38.5 Å². The molecule has 110 valence electrons. The Morgan fingerprint density at radius 3 is 2.68 bits per heavy atom. The number of likely N-dealkylation sites (tertiary alicyclic amines) is 1. The van der Waals surface area contributed by atoms with Crippen molar-refractivity contribution in [2.24, 2.45) is 0 Å². The number of aliphatic carboxylic acids is 1. The fourth-order valence-electron chi connectivity index (χ4n) is 2.67. The summed E-state index contributed by atoms with van der Waals surface area (Å²) in [5.41, 5.74) is 0. The number of rotatable bonds is 6. The summed E-state index contributed by atoms with van der Waals surface area (Å²) in [6.45, 7) is 4.83. The molecule has 2 amide bonds. The van der Waals surface area contributed by atoms with Crippen molar-refractivity contribution in [3.63, 3.8) is 0 Å². The van der Waals surface area contributed by atoms with Crippen molar-refractivity contribution in [2.45, 2.75) is 70.9 Å². The van der Waals surface area contributed by atoms with Gasteiger partial charge < -0.3 is 15.3 Å². The van der Waals surface area contributed by atoms with Gasteiger partial charge in [-0.1, -0.05) is 20.3 Å². The highest BCUT2D eigenvalue weighted by molar-refractivity contribution is 5.76. The maximum atomic E-state index is 12.3. The van der Waals surface area contributed by atoms with Gasteiger partial charge in [0.25, 0.3) is 0 Å². The summed E-state index contributed by atoms with van der Waals surface area (Å²) in [5, 5.41) is 12.0. The van der Waals surface area contributed by atoms with Gasteiger partial charge >= 0.3 is 12.0 Å². The summed E-state index contributed by atoms with van der Waals surface area (Å²) >= 11 is 0. The predicted octanol–water partition coefficient (Wildman–Crippen LogP) is 2.60. The van der Waals surface area contributed by atoms with Crippen molar-refractivity contribution in [1.29, 1.82) is 0 Å². The summed E-state index contributed by atoms with van der Waals surface area (Å²) < 4.78 is 0. The van der Waals surface area contributed by atoms with Gasteiger partial charge in [-0.25, -0.2) is 4.79 Å². The molecule has 0 aromatic heterocycles. The van der Waals surface area contributed by atoms with Crippen LogP contribution in [-0.4, -0.2) is 40.6 Å². The van der Waals surface area contributed by atoms with Crippen LogP contribution in [0.15, 0.2) is 0 Å². The molecule has 1 aliphatic rings. The Morgan fingerprint density at radius 1 is 1.37 bits per heavy atom. The van der Waals surface area contributed by atoms with E-state index in [-0.39, 0.29) is 24.5 Å². The van der Waals surface area contributed by atoms with Crippen molar-refractivity contribution >= 4 is 12.0 Å². The van der Waals surface area contributed by atoms with Crippen LogP contribution in [0.25, 0.3) is 0 Å². The third-order valence-corrected chi connectivity index (χ3v) is 3.76. The standard InChI is InChI=1S/C14H26N2O3/c1-3-7-11(4-2)15-14(19)16-9-6-5-8-12(16)10-13(17)18/h11-12H,3-10H2,1-2H3,(H,15,19)(H,17,18). The maximum absolute atomic E-state index is 12.3. The lowest BCUT2D eigenvalue weighted by molar-refractivity contribution is -0.138. The van der Waals surface area contributed by atoms with Crippen LogP contribution in [-0.2, 0) is 4.79 Å². The predicted molar refractivity (Wildman–Crippen MR) is 74.1 cm³/mol. The molecule has 0 radical (unpaired) electrons. The lowest BCUT2D eigenvalue weighted by atomic mass is 10.00. The molecule has 1 fully saturated rings.